The van der Waals surface area contributed by atoms with E-state index in [4.69, 9.17) is 9.72 Å². The van der Waals surface area contributed by atoms with Crippen LogP contribution in [-0.2, 0) is 4.74 Å². The van der Waals surface area contributed by atoms with Crippen LogP contribution in [0.2, 0.25) is 0 Å². The lowest BCUT2D eigenvalue weighted by molar-refractivity contribution is -0.0679. The number of para-hydroxylation sites is 1. The Hall–Kier alpha value is -2.94. The molecule has 2 heterocycles. The molecular weight excluding hydrogens is 444 g/mol. The fourth-order valence-electron chi connectivity index (χ4n) is 5.57. The summed E-state index contributed by atoms with van der Waals surface area (Å²) in [6.45, 7) is 16.3. The van der Waals surface area contributed by atoms with Gasteiger partial charge in [-0.1, -0.05) is 44.2 Å². The molecule has 4 rings (SSSR count). The van der Waals surface area contributed by atoms with Crippen molar-refractivity contribution >= 4 is 16.6 Å². The molecule has 0 bridgehead atoms. The Labute approximate surface area is 216 Å². The Kier molecular flexibility index (Phi) is 8.61. The van der Waals surface area contributed by atoms with E-state index in [-0.39, 0.29) is 0 Å². The maximum atomic E-state index is 9.18. The van der Waals surface area contributed by atoms with Crippen molar-refractivity contribution in [3.63, 3.8) is 0 Å². The maximum Gasteiger partial charge on any atom is 0.0991 e. The van der Waals surface area contributed by atoms with E-state index < -0.39 is 0 Å². The molecule has 0 aliphatic carbocycles. The minimum absolute atomic E-state index is 0.308. The molecule has 5 nitrogen and oxygen atoms in total. The van der Waals surface area contributed by atoms with Gasteiger partial charge in [-0.2, -0.15) is 5.26 Å². The Morgan fingerprint density at radius 2 is 1.83 bits per heavy atom. The highest BCUT2D eigenvalue weighted by Crippen LogP contribution is 2.38. The summed E-state index contributed by atoms with van der Waals surface area (Å²) in [7, 11) is 0. The van der Waals surface area contributed by atoms with Gasteiger partial charge in [0, 0.05) is 43.7 Å². The minimum atomic E-state index is 0.308. The summed E-state index contributed by atoms with van der Waals surface area (Å²) in [6.07, 6.45) is 4.91. The van der Waals surface area contributed by atoms with E-state index in [1.54, 1.807) is 0 Å². The van der Waals surface area contributed by atoms with Crippen LogP contribution in [0.1, 0.15) is 64.5 Å². The molecule has 2 aromatic carbocycles. The summed E-state index contributed by atoms with van der Waals surface area (Å²) in [6, 6.07) is 16.5. The van der Waals surface area contributed by atoms with Gasteiger partial charge in [-0.05, 0) is 62.8 Å². The van der Waals surface area contributed by atoms with E-state index in [1.807, 2.05) is 24.3 Å². The van der Waals surface area contributed by atoms with Crippen LogP contribution in [0.25, 0.3) is 22.0 Å². The third-order valence-corrected chi connectivity index (χ3v) is 7.47. The second-order valence-electron chi connectivity index (χ2n) is 10.2. The van der Waals surface area contributed by atoms with Crippen LogP contribution in [0.5, 0.6) is 0 Å². The van der Waals surface area contributed by atoms with Gasteiger partial charge in [0.25, 0.3) is 0 Å². The topological polar surface area (TPSA) is 52.4 Å². The van der Waals surface area contributed by atoms with Crippen molar-refractivity contribution in [1.29, 1.82) is 5.26 Å². The van der Waals surface area contributed by atoms with Gasteiger partial charge in [0.05, 0.1) is 41.2 Å². The number of nitriles is 1. The Morgan fingerprint density at radius 1 is 1.11 bits per heavy atom. The number of hydrogen-bond donors (Lipinski definition) is 0. The van der Waals surface area contributed by atoms with Crippen molar-refractivity contribution < 1.29 is 4.74 Å². The molecule has 190 valence electrons. The Balaban J connectivity index is 1.64. The van der Waals surface area contributed by atoms with Crippen LogP contribution < -0.4 is 4.90 Å². The number of pyridine rings is 1. The summed E-state index contributed by atoms with van der Waals surface area (Å²) >= 11 is 0. The number of fused-ring (bicyclic) bond motifs is 1. The molecular formula is C31H40N4O. The predicted octanol–water partition coefficient (Wildman–Crippen LogP) is 6.61. The van der Waals surface area contributed by atoms with Crippen LogP contribution in [0.15, 0.2) is 48.7 Å². The predicted molar refractivity (Wildman–Crippen MR) is 150 cm³/mol. The first kappa shape index (κ1) is 26.1. The van der Waals surface area contributed by atoms with E-state index in [9.17, 15) is 5.26 Å². The molecule has 1 saturated heterocycles. The van der Waals surface area contributed by atoms with Gasteiger partial charge in [0.15, 0.2) is 0 Å². The number of anilines is 1. The van der Waals surface area contributed by atoms with E-state index in [1.165, 1.54) is 16.6 Å². The van der Waals surface area contributed by atoms with E-state index in [2.05, 4.69) is 74.9 Å². The van der Waals surface area contributed by atoms with Crippen LogP contribution in [-0.4, -0.2) is 54.8 Å². The van der Waals surface area contributed by atoms with Crippen LogP contribution in [0.4, 0.5) is 5.69 Å². The summed E-state index contributed by atoms with van der Waals surface area (Å²) in [4.78, 5) is 10.1. The van der Waals surface area contributed by atoms with Crippen molar-refractivity contribution in [2.45, 2.75) is 65.6 Å². The maximum absolute atomic E-state index is 9.18. The van der Waals surface area contributed by atoms with Crippen molar-refractivity contribution in [3.05, 3.63) is 59.8 Å². The molecule has 3 unspecified atom stereocenters. The lowest BCUT2D eigenvalue weighted by Gasteiger charge is -2.36. The first-order valence-electron chi connectivity index (χ1n) is 13.5. The molecule has 36 heavy (non-hydrogen) atoms. The number of nitrogens with zero attached hydrogens (tertiary/aromatic N) is 4. The highest BCUT2D eigenvalue weighted by atomic mass is 16.5. The van der Waals surface area contributed by atoms with E-state index in [0.717, 1.165) is 62.2 Å². The SMILES string of the molecule is CCC(C)c1c(N(CC)CCCN2CC(C)OC(C)C2)cnc2c(-c3ccc(C#N)cc3)cccc12. The molecule has 3 aromatic rings. The number of rotatable bonds is 9. The fourth-order valence-corrected chi connectivity index (χ4v) is 5.57. The minimum Gasteiger partial charge on any atom is -0.373 e. The monoisotopic (exact) mass is 484 g/mol. The molecule has 5 heteroatoms. The number of benzene rings is 2. The van der Waals surface area contributed by atoms with Gasteiger partial charge >= 0.3 is 0 Å². The second kappa shape index (κ2) is 11.9. The van der Waals surface area contributed by atoms with Crippen LogP contribution in [0, 0.1) is 11.3 Å². The summed E-state index contributed by atoms with van der Waals surface area (Å²) in [5, 5.41) is 10.4. The quantitative estimate of drug-likeness (QED) is 0.342. The third kappa shape index (κ3) is 5.72. The fraction of sp³-hybridized carbons (Fsp3) is 0.484. The number of aromatic nitrogens is 1. The van der Waals surface area contributed by atoms with Gasteiger partial charge in [-0.3, -0.25) is 9.88 Å². The van der Waals surface area contributed by atoms with Crippen molar-refractivity contribution in [3.8, 4) is 17.2 Å². The average Bonchev–Trinajstić information content (AvgIpc) is 2.89. The zero-order valence-corrected chi connectivity index (χ0v) is 22.5. The molecule has 0 saturated carbocycles. The second-order valence-corrected chi connectivity index (χ2v) is 10.2. The van der Waals surface area contributed by atoms with E-state index >= 15 is 0 Å². The standard InChI is InChI=1S/C31H40N4O/c1-6-22(3)30-28-11-8-10-27(26-14-12-25(18-32)13-15-26)31(28)33-19-29(30)35(7-2)17-9-16-34-20-23(4)36-24(5)21-34/h8,10-15,19,22-24H,6-7,9,16-17,20-21H2,1-5H3. The van der Waals surface area contributed by atoms with Crippen molar-refractivity contribution in [2.24, 2.45) is 0 Å². The van der Waals surface area contributed by atoms with Crippen LogP contribution in [0.3, 0.4) is 0 Å². The molecule has 1 aliphatic rings. The van der Waals surface area contributed by atoms with Gasteiger partial charge in [0.1, 0.15) is 0 Å². The number of hydrogen-bond acceptors (Lipinski definition) is 5. The molecule has 0 amide bonds. The molecule has 1 aliphatic heterocycles. The Morgan fingerprint density at radius 3 is 2.47 bits per heavy atom. The van der Waals surface area contributed by atoms with Gasteiger partial charge in [-0.15, -0.1) is 0 Å². The van der Waals surface area contributed by atoms with Gasteiger partial charge in [0.2, 0.25) is 0 Å². The highest BCUT2D eigenvalue weighted by Gasteiger charge is 2.23. The summed E-state index contributed by atoms with van der Waals surface area (Å²) in [5.41, 5.74) is 6.58. The molecule has 3 atom stereocenters. The molecule has 0 radical (unpaired) electrons. The smallest absolute Gasteiger partial charge is 0.0991 e. The summed E-state index contributed by atoms with van der Waals surface area (Å²) < 4.78 is 5.91. The third-order valence-electron chi connectivity index (χ3n) is 7.47. The zero-order chi connectivity index (χ0) is 25.7. The first-order chi connectivity index (χ1) is 17.4. The molecule has 0 N–H and O–H groups in total. The summed E-state index contributed by atoms with van der Waals surface area (Å²) in [5.74, 6) is 0.428. The molecule has 0 spiro atoms. The molecule has 1 fully saturated rings. The number of morpholine rings is 1. The zero-order valence-electron chi connectivity index (χ0n) is 22.5. The Bertz CT molecular complexity index is 1190. The lowest BCUT2D eigenvalue weighted by atomic mass is 9.90. The first-order valence-corrected chi connectivity index (χ1v) is 13.5. The lowest BCUT2D eigenvalue weighted by Crippen LogP contribution is -2.46. The van der Waals surface area contributed by atoms with Gasteiger partial charge < -0.3 is 9.64 Å². The largest absolute Gasteiger partial charge is 0.373 e. The van der Waals surface area contributed by atoms with Crippen molar-refractivity contribution in [2.75, 3.05) is 37.6 Å². The highest BCUT2D eigenvalue weighted by molar-refractivity contribution is 5.98. The number of ether oxygens (including phenoxy) is 1. The normalized spacial score (nSPS) is 19.2. The van der Waals surface area contributed by atoms with Gasteiger partial charge in [-0.25, -0.2) is 0 Å². The molecule has 1 aromatic heterocycles. The average molecular weight is 485 g/mol. The van der Waals surface area contributed by atoms with Crippen molar-refractivity contribution in [1.82, 2.24) is 9.88 Å². The van der Waals surface area contributed by atoms with Crippen LogP contribution >= 0.6 is 0 Å². The van der Waals surface area contributed by atoms with E-state index in [0.29, 0.717) is 23.7 Å².